The van der Waals surface area contributed by atoms with Crippen LogP contribution in [-0.2, 0) is 17.9 Å². The lowest BCUT2D eigenvalue weighted by molar-refractivity contribution is -0.137. The number of carbonyl (C=O) groups is 2. The van der Waals surface area contributed by atoms with Gasteiger partial charge in [0.25, 0.3) is 0 Å². The summed E-state index contributed by atoms with van der Waals surface area (Å²) in [5.41, 5.74) is 0.424. The van der Waals surface area contributed by atoms with Gasteiger partial charge in [0.2, 0.25) is 0 Å². The standard InChI is InChI=1S/C11H11ClN4O3S/c12-9-2-1-8(20-9)4-13-11(19)15-7-3-14-16(5-7)6-10(17)18/h1-3,5H,4,6H2,(H,17,18)(H2,13,15,19). The number of nitrogens with one attached hydrogen (secondary N) is 2. The zero-order chi connectivity index (χ0) is 14.5. The fourth-order valence-electron chi connectivity index (χ4n) is 1.44. The highest BCUT2D eigenvalue weighted by Gasteiger charge is 2.06. The van der Waals surface area contributed by atoms with Crippen LogP contribution in [0.1, 0.15) is 4.88 Å². The summed E-state index contributed by atoms with van der Waals surface area (Å²) in [6.45, 7) is 0.115. The van der Waals surface area contributed by atoms with E-state index in [0.29, 0.717) is 16.6 Å². The first-order valence-corrected chi connectivity index (χ1v) is 6.75. The molecule has 2 aromatic heterocycles. The maximum Gasteiger partial charge on any atom is 0.325 e. The van der Waals surface area contributed by atoms with Crippen molar-refractivity contribution in [2.75, 3.05) is 5.32 Å². The summed E-state index contributed by atoms with van der Waals surface area (Å²) in [5.74, 6) is -1.00. The average Bonchev–Trinajstić information content (AvgIpc) is 2.95. The van der Waals surface area contributed by atoms with Crippen LogP contribution in [0.3, 0.4) is 0 Å². The Morgan fingerprint density at radius 3 is 2.90 bits per heavy atom. The first-order valence-electron chi connectivity index (χ1n) is 5.56. The Morgan fingerprint density at radius 1 is 1.45 bits per heavy atom. The van der Waals surface area contributed by atoms with E-state index < -0.39 is 12.0 Å². The summed E-state index contributed by atoms with van der Waals surface area (Å²) in [6.07, 6.45) is 2.82. The van der Waals surface area contributed by atoms with Crippen LogP contribution in [0.5, 0.6) is 0 Å². The largest absolute Gasteiger partial charge is 0.480 e. The number of anilines is 1. The summed E-state index contributed by atoms with van der Waals surface area (Å²) in [7, 11) is 0. The first kappa shape index (κ1) is 14.4. The minimum absolute atomic E-state index is 0.253. The fourth-order valence-corrected chi connectivity index (χ4v) is 2.47. The lowest BCUT2D eigenvalue weighted by atomic mass is 10.4. The summed E-state index contributed by atoms with van der Waals surface area (Å²) in [6, 6.07) is 3.19. The molecule has 7 nitrogen and oxygen atoms in total. The Morgan fingerprint density at radius 2 is 2.25 bits per heavy atom. The van der Waals surface area contributed by atoms with Gasteiger partial charge in [-0.3, -0.25) is 9.48 Å². The predicted molar refractivity (Wildman–Crippen MR) is 75.1 cm³/mol. The molecule has 3 N–H and O–H groups in total. The van der Waals surface area contributed by atoms with Crippen LogP contribution in [0, 0.1) is 0 Å². The molecule has 0 saturated carbocycles. The van der Waals surface area contributed by atoms with E-state index in [4.69, 9.17) is 16.7 Å². The van der Waals surface area contributed by atoms with Gasteiger partial charge in [-0.1, -0.05) is 11.6 Å². The van der Waals surface area contributed by atoms with Crippen molar-refractivity contribution in [2.45, 2.75) is 13.1 Å². The molecule has 0 aliphatic heterocycles. The van der Waals surface area contributed by atoms with Crippen molar-refractivity contribution < 1.29 is 14.7 Å². The maximum atomic E-state index is 11.6. The third kappa shape index (κ3) is 4.25. The van der Waals surface area contributed by atoms with Gasteiger partial charge in [0.1, 0.15) is 6.54 Å². The van der Waals surface area contributed by atoms with Gasteiger partial charge in [0.05, 0.1) is 22.8 Å². The summed E-state index contributed by atoms with van der Waals surface area (Å²) >= 11 is 7.17. The topological polar surface area (TPSA) is 96.2 Å². The van der Waals surface area contributed by atoms with Crippen LogP contribution >= 0.6 is 22.9 Å². The van der Waals surface area contributed by atoms with E-state index in [9.17, 15) is 9.59 Å². The normalized spacial score (nSPS) is 10.2. The molecule has 2 aromatic rings. The molecule has 0 bridgehead atoms. The summed E-state index contributed by atoms with van der Waals surface area (Å²) in [4.78, 5) is 23.0. The Hall–Kier alpha value is -2.06. The molecule has 0 aliphatic rings. The van der Waals surface area contributed by atoms with Crippen molar-refractivity contribution in [1.29, 1.82) is 0 Å². The van der Waals surface area contributed by atoms with Crippen LogP contribution in [-0.4, -0.2) is 26.9 Å². The van der Waals surface area contributed by atoms with Gasteiger partial charge in [-0.25, -0.2) is 4.79 Å². The monoisotopic (exact) mass is 314 g/mol. The molecular weight excluding hydrogens is 304 g/mol. The number of carboxylic acid groups (broad SMARTS) is 1. The molecular formula is C11H11ClN4O3S. The third-order valence-corrected chi connectivity index (χ3v) is 3.47. The van der Waals surface area contributed by atoms with Gasteiger partial charge >= 0.3 is 12.0 Å². The Kier molecular flexibility index (Phi) is 4.59. The van der Waals surface area contributed by atoms with Gasteiger partial charge in [-0.15, -0.1) is 11.3 Å². The number of rotatable bonds is 5. The average molecular weight is 315 g/mol. The SMILES string of the molecule is O=C(O)Cn1cc(NC(=O)NCc2ccc(Cl)s2)cn1. The quantitative estimate of drug-likeness (QED) is 0.786. The molecule has 20 heavy (non-hydrogen) atoms. The van der Waals surface area contributed by atoms with Gasteiger partial charge in [0.15, 0.2) is 0 Å². The number of hydrogen-bond donors (Lipinski definition) is 3. The third-order valence-electron chi connectivity index (χ3n) is 2.24. The number of aliphatic carboxylic acids is 1. The van der Waals surface area contributed by atoms with Crippen LogP contribution in [0.25, 0.3) is 0 Å². The summed E-state index contributed by atoms with van der Waals surface area (Å²) in [5, 5.41) is 17.6. The van der Waals surface area contributed by atoms with E-state index in [-0.39, 0.29) is 6.54 Å². The molecule has 0 atom stereocenters. The van der Waals surface area contributed by atoms with Crippen molar-refractivity contribution >= 4 is 40.6 Å². The van der Waals surface area contributed by atoms with Gasteiger partial charge in [-0.2, -0.15) is 5.10 Å². The van der Waals surface area contributed by atoms with E-state index in [1.807, 2.05) is 6.07 Å². The fraction of sp³-hybridized carbons (Fsp3) is 0.182. The highest BCUT2D eigenvalue weighted by atomic mass is 35.5. The number of amides is 2. The lowest BCUT2D eigenvalue weighted by Gasteiger charge is -2.04. The van der Waals surface area contributed by atoms with E-state index in [1.165, 1.54) is 28.4 Å². The van der Waals surface area contributed by atoms with E-state index in [2.05, 4.69) is 15.7 Å². The Labute approximate surface area is 123 Å². The molecule has 9 heteroatoms. The predicted octanol–water partition coefficient (Wildman–Crippen LogP) is 2.00. The van der Waals surface area contributed by atoms with Crippen molar-refractivity contribution in [3.8, 4) is 0 Å². The van der Waals surface area contributed by atoms with Crippen molar-refractivity contribution in [1.82, 2.24) is 15.1 Å². The molecule has 0 saturated heterocycles. The highest BCUT2D eigenvalue weighted by molar-refractivity contribution is 7.16. The molecule has 0 aromatic carbocycles. The van der Waals surface area contributed by atoms with Crippen LogP contribution in [0.4, 0.5) is 10.5 Å². The number of aromatic nitrogens is 2. The van der Waals surface area contributed by atoms with Crippen LogP contribution in [0.2, 0.25) is 4.34 Å². The minimum Gasteiger partial charge on any atom is -0.480 e. The van der Waals surface area contributed by atoms with E-state index >= 15 is 0 Å². The number of carboxylic acids is 1. The summed E-state index contributed by atoms with van der Waals surface area (Å²) < 4.78 is 1.88. The number of urea groups is 1. The van der Waals surface area contributed by atoms with Gasteiger partial charge < -0.3 is 15.7 Å². The molecule has 106 valence electrons. The van der Waals surface area contributed by atoms with Crippen molar-refractivity contribution in [2.24, 2.45) is 0 Å². The highest BCUT2D eigenvalue weighted by Crippen LogP contribution is 2.20. The minimum atomic E-state index is -1.00. The molecule has 0 spiro atoms. The van der Waals surface area contributed by atoms with Crippen molar-refractivity contribution in [3.05, 3.63) is 33.7 Å². The number of carbonyl (C=O) groups excluding carboxylic acids is 1. The molecule has 2 heterocycles. The van der Waals surface area contributed by atoms with Crippen LogP contribution in [0.15, 0.2) is 24.5 Å². The number of thiophene rings is 1. The second-order valence-electron chi connectivity index (χ2n) is 3.83. The molecule has 0 aliphatic carbocycles. The lowest BCUT2D eigenvalue weighted by Crippen LogP contribution is -2.27. The van der Waals surface area contributed by atoms with Gasteiger partial charge in [0, 0.05) is 11.1 Å². The zero-order valence-corrected chi connectivity index (χ0v) is 11.7. The zero-order valence-electron chi connectivity index (χ0n) is 10.2. The van der Waals surface area contributed by atoms with Crippen molar-refractivity contribution in [3.63, 3.8) is 0 Å². The smallest absolute Gasteiger partial charge is 0.325 e. The van der Waals surface area contributed by atoms with Crippen LogP contribution < -0.4 is 10.6 Å². The van der Waals surface area contributed by atoms with E-state index in [0.717, 1.165) is 4.88 Å². The Bertz CT molecular complexity index is 625. The molecule has 0 radical (unpaired) electrons. The van der Waals surface area contributed by atoms with Gasteiger partial charge in [-0.05, 0) is 12.1 Å². The second kappa shape index (κ2) is 6.40. The second-order valence-corrected chi connectivity index (χ2v) is 5.63. The molecule has 2 amide bonds. The number of halogens is 1. The molecule has 0 unspecified atom stereocenters. The van der Waals surface area contributed by atoms with E-state index in [1.54, 1.807) is 6.07 Å². The Balaban J connectivity index is 1.82. The number of nitrogens with zero attached hydrogens (tertiary/aromatic N) is 2. The molecule has 0 fully saturated rings. The molecule has 2 rings (SSSR count). The maximum absolute atomic E-state index is 11.6. The number of hydrogen-bond acceptors (Lipinski definition) is 4. The first-order chi connectivity index (χ1) is 9.52.